The highest BCUT2D eigenvalue weighted by atomic mass is 16.4. The average molecular weight is 163 g/mol. The van der Waals surface area contributed by atoms with Gasteiger partial charge in [0.25, 0.3) is 0 Å². The zero-order valence-electron chi connectivity index (χ0n) is 6.01. The Morgan fingerprint density at radius 2 is 1.75 bits per heavy atom. The first-order chi connectivity index (χ1) is 5.77. The van der Waals surface area contributed by atoms with Crippen LogP contribution in [-0.2, 0) is 0 Å². The minimum absolute atomic E-state index is 0.583. The topological polar surface area (TPSA) is 68.0 Å². The molecular formula is C7H5N3O2. The van der Waals surface area contributed by atoms with E-state index >= 15 is 0 Å². The molecule has 0 saturated heterocycles. The minimum Gasteiger partial charge on any atom is -0.462 e. The van der Waals surface area contributed by atoms with E-state index in [1.807, 2.05) is 0 Å². The zero-order chi connectivity index (χ0) is 8.55. The molecule has 0 aliphatic rings. The second kappa shape index (κ2) is 2.30. The third-order valence-electron chi connectivity index (χ3n) is 1.46. The molecule has 0 aliphatic carbocycles. The first kappa shape index (κ1) is 6.78. The lowest BCUT2D eigenvalue weighted by Gasteiger charge is -1.83. The zero-order valence-corrected chi connectivity index (χ0v) is 6.01. The molecule has 2 aromatic rings. The van der Waals surface area contributed by atoms with Crippen molar-refractivity contribution < 1.29 is 9.90 Å². The predicted molar refractivity (Wildman–Crippen MR) is 41.0 cm³/mol. The second-order valence-electron chi connectivity index (χ2n) is 2.26. The van der Waals surface area contributed by atoms with E-state index < -0.39 is 6.09 Å². The minimum atomic E-state index is -1.17. The summed E-state index contributed by atoms with van der Waals surface area (Å²) in [6, 6.07) is 6.98. The van der Waals surface area contributed by atoms with E-state index in [2.05, 4.69) is 10.2 Å². The van der Waals surface area contributed by atoms with E-state index in [0.717, 1.165) is 0 Å². The molecule has 60 valence electrons. The van der Waals surface area contributed by atoms with Crippen molar-refractivity contribution in [3.8, 4) is 0 Å². The molecule has 0 aliphatic heterocycles. The van der Waals surface area contributed by atoms with E-state index in [4.69, 9.17) is 5.11 Å². The fourth-order valence-corrected chi connectivity index (χ4v) is 0.945. The van der Waals surface area contributed by atoms with Crippen LogP contribution in [0, 0.1) is 0 Å². The number of rotatable bonds is 0. The van der Waals surface area contributed by atoms with Crippen LogP contribution >= 0.6 is 0 Å². The summed E-state index contributed by atoms with van der Waals surface area (Å²) >= 11 is 0. The Kier molecular flexibility index (Phi) is 1.30. The van der Waals surface area contributed by atoms with Crippen LogP contribution in [0.15, 0.2) is 24.3 Å². The molecule has 2 rings (SSSR count). The Bertz CT molecular complexity index is 402. The lowest BCUT2D eigenvalue weighted by atomic mass is 10.3. The highest BCUT2D eigenvalue weighted by Gasteiger charge is 2.05. The van der Waals surface area contributed by atoms with Gasteiger partial charge in [0.05, 0.1) is 0 Å². The standard InChI is InChI=1S/C7H5N3O2/c11-7(12)10-8-5-3-1-2-4-6(5)9-10/h1-4H,(H,11,12). The number of carboxylic acid groups (broad SMARTS) is 1. The van der Waals surface area contributed by atoms with Gasteiger partial charge in [0.2, 0.25) is 0 Å². The summed E-state index contributed by atoms with van der Waals surface area (Å²) in [4.78, 5) is 11.1. The Morgan fingerprint density at radius 3 is 2.17 bits per heavy atom. The highest BCUT2D eigenvalue weighted by molar-refractivity contribution is 5.76. The normalized spacial score (nSPS) is 10.3. The predicted octanol–water partition coefficient (Wildman–Crippen LogP) is 0.957. The summed E-state index contributed by atoms with van der Waals surface area (Å²) in [5.41, 5.74) is 1.17. The Hall–Kier alpha value is -1.91. The molecule has 1 N–H and O–H groups in total. The van der Waals surface area contributed by atoms with Gasteiger partial charge >= 0.3 is 6.09 Å². The maximum absolute atomic E-state index is 10.4. The van der Waals surface area contributed by atoms with Gasteiger partial charge in [-0.3, -0.25) is 0 Å². The van der Waals surface area contributed by atoms with Crippen molar-refractivity contribution in [3.05, 3.63) is 24.3 Å². The van der Waals surface area contributed by atoms with Crippen molar-refractivity contribution in [2.45, 2.75) is 0 Å². The van der Waals surface area contributed by atoms with Gasteiger partial charge in [0, 0.05) is 0 Å². The second-order valence-corrected chi connectivity index (χ2v) is 2.26. The van der Waals surface area contributed by atoms with Crippen molar-refractivity contribution in [2.24, 2.45) is 0 Å². The van der Waals surface area contributed by atoms with E-state index in [1.54, 1.807) is 24.3 Å². The van der Waals surface area contributed by atoms with Crippen molar-refractivity contribution in [1.29, 1.82) is 0 Å². The average Bonchev–Trinajstić information content (AvgIpc) is 2.46. The molecular weight excluding hydrogens is 158 g/mol. The summed E-state index contributed by atoms with van der Waals surface area (Å²) in [6.07, 6.45) is -1.17. The Morgan fingerprint density at radius 1 is 1.25 bits per heavy atom. The third kappa shape index (κ3) is 0.914. The maximum atomic E-state index is 10.4. The smallest absolute Gasteiger partial charge is 0.449 e. The summed E-state index contributed by atoms with van der Waals surface area (Å²) in [5.74, 6) is 0. The number of fused-ring (bicyclic) bond motifs is 1. The molecule has 5 heteroatoms. The van der Waals surface area contributed by atoms with Gasteiger partial charge in [0.15, 0.2) is 0 Å². The fraction of sp³-hybridized carbons (Fsp3) is 0. The molecule has 0 unspecified atom stereocenters. The molecule has 1 aromatic carbocycles. The van der Waals surface area contributed by atoms with Crippen LogP contribution in [0.1, 0.15) is 0 Å². The number of carbonyl (C=O) groups is 1. The van der Waals surface area contributed by atoms with Gasteiger partial charge in [-0.2, -0.15) is 0 Å². The van der Waals surface area contributed by atoms with Crippen LogP contribution in [0.25, 0.3) is 11.0 Å². The molecule has 1 aromatic heterocycles. The lowest BCUT2D eigenvalue weighted by Crippen LogP contribution is -2.10. The largest absolute Gasteiger partial charge is 0.462 e. The highest BCUT2D eigenvalue weighted by Crippen LogP contribution is 2.06. The van der Waals surface area contributed by atoms with Crippen molar-refractivity contribution in [3.63, 3.8) is 0 Å². The Labute approximate surface area is 67.2 Å². The molecule has 1 heterocycles. The third-order valence-corrected chi connectivity index (χ3v) is 1.46. The molecule has 0 saturated carbocycles. The van der Waals surface area contributed by atoms with Crippen LogP contribution in [0.3, 0.4) is 0 Å². The van der Waals surface area contributed by atoms with Crippen molar-refractivity contribution in [2.75, 3.05) is 0 Å². The van der Waals surface area contributed by atoms with Gasteiger partial charge in [-0.25, -0.2) is 4.79 Å². The monoisotopic (exact) mass is 163 g/mol. The first-order valence-corrected chi connectivity index (χ1v) is 3.33. The number of nitrogens with zero attached hydrogens (tertiary/aromatic N) is 3. The molecule has 0 spiro atoms. The van der Waals surface area contributed by atoms with E-state index in [0.29, 0.717) is 15.8 Å². The molecule has 0 atom stereocenters. The summed E-state index contributed by atoms with van der Waals surface area (Å²) in [6.45, 7) is 0. The molecule has 0 radical (unpaired) electrons. The number of hydrogen-bond donors (Lipinski definition) is 1. The van der Waals surface area contributed by atoms with Gasteiger partial charge < -0.3 is 5.11 Å². The summed E-state index contributed by atoms with van der Waals surface area (Å²) in [7, 11) is 0. The quantitative estimate of drug-likeness (QED) is 0.628. The van der Waals surface area contributed by atoms with Gasteiger partial charge in [-0.1, -0.05) is 16.9 Å². The molecule has 12 heavy (non-hydrogen) atoms. The number of aromatic nitrogens is 3. The van der Waals surface area contributed by atoms with Gasteiger partial charge in [0.1, 0.15) is 11.0 Å². The van der Waals surface area contributed by atoms with Crippen LogP contribution in [0.5, 0.6) is 0 Å². The van der Waals surface area contributed by atoms with E-state index in [9.17, 15) is 4.79 Å². The first-order valence-electron chi connectivity index (χ1n) is 3.33. The van der Waals surface area contributed by atoms with E-state index in [1.165, 1.54) is 0 Å². The van der Waals surface area contributed by atoms with Crippen LogP contribution in [0.4, 0.5) is 4.79 Å². The maximum Gasteiger partial charge on any atom is 0.449 e. The van der Waals surface area contributed by atoms with Crippen LogP contribution in [-0.4, -0.2) is 26.2 Å². The van der Waals surface area contributed by atoms with Crippen LogP contribution < -0.4 is 0 Å². The van der Waals surface area contributed by atoms with Crippen molar-refractivity contribution in [1.82, 2.24) is 15.0 Å². The molecule has 0 amide bonds. The van der Waals surface area contributed by atoms with Gasteiger partial charge in [-0.05, 0) is 12.1 Å². The molecule has 0 fully saturated rings. The summed E-state index contributed by atoms with van der Waals surface area (Å²) < 4.78 is 0. The van der Waals surface area contributed by atoms with Crippen LogP contribution in [0.2, 0.25) is 0 Å². The lowest BCUT2D eigenvalue weighted by molar-refractivity contribution is 0.188. The number of benzene rings is 1. The fourth-order valence-electron chi connectivity index (χ4n) is 0.945. The molecule has 0 bridgehead atoms. The number of hydrogen-bond acceptors (Lipinski definition) is 3. The molecule has 5 nitrogen and oxygen atoms in total. The SMILES string of the molecule is O=C(O)n1nc2ccccc2n1. The van der Waals surface area contributed by atoms with E-state index in [-0.39, 0.29) is 0 Å². The van der Waals surface area contributed by atoms with Crippen molar-refractivity contribution >= 4 is 17.1 Å². The summed E-state index contributed by atoms with van der Waals surface area (Å²) in [5, 5.41) is 16.0. The van der Waals surface area contributed by atoms with Gasteiger partial charge in [-0.15, -0.1) is 10.2 Å². The Balaban J connectivity index is 2.70.